The molecule has 1 saturated heterocycles. The molecule has 0 unspecified atom stereocenters. The smallest absolute Gasteiger partial charge is 0.251 e. The molecule has 0 radical (unpaired) electrons. The summed E-state index contributed by atoms with van der Waals surface area (Å²) in [6.07, 6.45) is 2.43. The molecule has 3 aromatic rings. The number of aromatic hydroxyl groups is 1. The molecular formula is C22H24N4O3. The summed E-state index contributed by atoms with van der Waals surface area (Å²) in [5.41, 5.74) is 1.33. The van der Waals surface area contributed by atoms with Crippen molar-refractivity contribution in [2.45, 2.75) is 25.5 Å². The first-order chi connectivity index (χ1) is 14.0. The van der Waals surface area contributed by atoms with E-state index < -0.39 is 0 Å². The summed E-state index contributed by atoms with van der Waals surface area (Å²) in [6.45, 7) is 3.09. The average molecular weight is 392 g/mol. The second-order valence-electron chi connectivity index (χ2n) is 7.34. The van der Waals surface area contributed by atoms with Gasteiger partial charge in [-0.25, -0.2) is 9.97 Å². The third-order valence-electron chi connectivity index (χ3n) is 5.39. The number of phenolic OH excluding ortho intramolecular Hbond substituents is 1. The minimum Gasteiger partial charge on any atom is -0.507 e. The van der Waals surface area contributed by atoms with E-state index in [0.29, 0.717) is 18.7 Å². The standard InChI is InChI=1S/C22H24N4O3/c1-14-7-21(25-13-24-14)26-12-18(29-2)10-17(26)11-23-22(28)16-8-15-5-3-4-6-19(15)20(27)9-16/h3-9,13,17-18,27H,10-12H2,1-2H3,(H,23,28)/t17-,18-/m0/s1. The maximum atomic E-state index is 12.7. The van der Waals surface area contributed by atoms with Crippen molar-refractivity contribution >= 4 is 22.5 Å². The molecule has 1 amide bonds. The van der Waals surface area contributed by atoms with Gasteiger partial charge >= 0.3 is 0 Å². The summed E-state index contributed by atoms with van der Waals surface area (Å²) in [7, 11) is 1.70. The number of hydrogen-bond acceptors (Lipinski definition) is 6. The molecule has 2 N–H and O–H groups in total. The Balaban J connectivity index is 1.50. The van der Waals surface area contributed by atoms with Crippen LogP contribution in [0, 0.1) is 6.92 Å². The quantitative estimate of drug-likeness (QED) is 0.694. The van der Waals surface area contributed by atoms with Crippen molar-refractivity contribution in [2.75, 3.05) is 25.1 Å². The lowest BCUT2D eigenvalue weighted by Crippen LogP contribution is -2.40. The van der Waals surface area contributed by atoms with E-state index in [1.165, 1.54) is 6.07 Å². The van der Waals surface area contributed by atoms with E-state index in [1.54, 1.807) is 19.5 Å². The van der Waals surface area contributed by atoms with Crippen molar-refractivity contribution in [3.8, 4) is 5.75 Å². The molecule has 0 bridgehead atoms. The number of phenols is 1. The Labute approximate surface area is 169 Å². The minimum absolute atomic E-state index is 0.0623. The second-order valence-corrected chi connectivity index (χ2v) is 7.34. The topological polar surface area (TPSA) is 87.6 Å². The number of nitrogens with zero attached hydrogens (tertiary/aromatic N) is 3. The molecular weight excluding hydrogens is 368 g/mol. The molecule has 1 aromatic heterocycles. The van der Waals surface area contributed by atoms with Crippen LogP contribution in [0.15, 0.2) is 48.8 Å². The highest BCUT2D eigenvalue weighted by atomic mass is 16.5. The number of carbonyl (C=O) groups excluding carboxylic acids is 1. The first-order valence-electron chi connectivity index (χ1n) is 9.63. The van der Waals surface area contributed by atoms with Crippen LogP contribution in [0.3, 0.4) is 0 Å². The van der Waals surface area contributed by atoms with Crippen LogP contribution in [-0.2, 0) is 4.74 Å². The highest BCUT2D eigenvalue weighted by molar-refractivity contribution is 6.00. The van der Waals surface area contributed by atoms with E-state index in [-0.39, 0.29) is 23.8 Å². The Hall–Kier alpha value is -3.19. The normalized spacial score (nSPS) is 18.9. The van der Waals surface area contributed by atoms with Gasteiger partial charge in [-0.15, -0.1) is 0 Å². The van der Waals surface area contributed by atoms with Gasteiger partial charge < -0.3 is 20.1 Å². The van der Waals surface area contributed by atoms with Crippen molar-refractivity contribution in [3.63, 3.8) is 0 Å². The van der Waals surface area contributed by atoms with Crippen molar-refractivity contribution in [1.29, 1.82) is 0 Å². The number of nitrogens with one attached hydrogen (secondary N) is 1. The zero-order valence-corrected chi connectivity index (χ0v) is 16.5. The maximum absolute atomic E-state index is 12.7. The van der Waals surface area contributed by atoms with Gasteiger partial charge in [-0.05, 0) is 30.9 Å². The number of ether oxygens (including phenoxy) is 1. The molecule has 2 heterocycles. The number of aryl methyl sites for hydroxylation is 1. The zero-order valence-electron chi connectivity index (χ0n) is 16.5. The lowest BCUT2D eigenvalue weighted by atomic mass is 10.1. The predicted octanol–water partition coefficient (Wildman–Crippen LogP) is 2.67. The third-order valence-corrected chi connectivity index (χ3v) is 5.39. The van der Waals surface area contributed by atoms with Gasteiger partial charge in [-0.3, -0.25) is 4.79 Å². The Bertz CT molecular complexity index is 1040. The lowest BCUT2D eigenvalue weighted by molar-refractivity contribution is 0.0946. The van der Waals surface area contributed by atoms with E-state index in [0.717, 1.165) is 28.7 Å². The van der Waals surface area contributed by atoms with E-state index in [1.807, 2.05) is 37.3 Å². The molecule has 2 atom stereocenters. The van der Waals surface area contributed by atoms with Gasteiger partial charge in [0.1, 0.15) is 17.9 Å². The number of anilines is 1. The van der Waals surface area contributed by atoms with Gasteiger partial charge in [0.15, 0.2) is 0 Å². The van der Waals surface area contributed by atoms with E-state index >= 15 is 0 Å². The molecule has 1 aliphatic rings. The molecule has 0 spiro atoms. The zero-order chi connectivity index (χ0) is 20.4. The molecule has 1 aliphatic heterocycles. The van der Waals surface area contributed by atoms with Crippen LogP contribution in [-0.4, -0.2) is 53.3 Å². The Morgan fingerprint density at radius 2 is 2.10 bits per heavy atom. The van der Waals surface area contributed by atoms with Crippen LogP contribution >= 0.6 is 0 Å². The molecule has 7 heteroatoms. The number of fused-ring (bicyclic) bond motifs is 1. The molecule has 0 aliphatic carbocycles. The largest absolute Gasteiger partial charge is 0.507 e. The molecule has 150 valence electrons. The number of methoxy groups -OCH3 is 1. The van der Waals surface area contributed by atoms with Gasteiger partial charge in [0, 0.05) is 42.9 Å². The Morgan fingerprint density at radius 1 is 1.28 bits per heavy atom. The maximum Gasteiger partial charge on any atom is 0.251 e. The van der Waals surface area contributed by atoms with Crippen LogP contribution in [0.2, 0.25) is 0 Å². The number of amides is 1. The van der Waals surface area contributed by atoms with Crippen LogP contribution in [0.25, 0.3) is 10.8 Å². The highest BCUT2D eigenvalue weighted by Gasteiger charge is 2.33. The molecule has 7 nitrogen and oxygen atoms in total. The summed E-state index contributed by atoms with van der Waals surface area (Å²) in [5, 5.41) is 14.8. The van der Waals surface area contributed by atoms with Crippen molar-refractivity contribution in [3.05, 3.63) is 60.0 Å². The third kappa shape index (κ3) is 4.00. The highest BCUT2D eigenvalue weighted by Crippen LogP contribution is 2.27. The first kappa shape index (κ1) is 19.1. The fourth-order valence-corrected chi connectivity index (χ4v) is 3.85. The summed E-state index contributed by atoms with van der Waals surface area (Å²) in [5.74, 6) is 0.719. The average Bonchev–Trinajstić information content (AvgIpc) is 3.15. The van der Waals surface area contributed by atoms with Crippen LogP contribution in [0.1, 0.15) is 22.5 Å². The van der Waals surface area contributed by atoms with E-state index in [9.17, 15) is 9.90 Å². The van der Waals surface area contributed by atoms with Crippen molar-refractivity contribution < 1.29 is 14.6 Å². The van der Waals surface area contributed by atoms with Crippen molar-refractivity contribution in [2.24, 2.45) is 0 Å². The number of benzene rings is 2. The number of carbonyl (C=O) groups is 1. The summed E-state index contributed by atoms with van der Waals surface area (Å²) >= 11 is 0. The molecule has 2 aromatic carbocycles. The van der Waals surface area contributed by atoms with Gasteiger partial charge in [-0.2, -0.15) is 0 Å². The lowest BCUT2D eigenvalue weighted by Gasteiger charge is -2.25. The summed E-state index contributed by atoms with van der Waals surface area (Å²) in [4.78, 5) is 23.4. The predicted molar refractivity (Wildman–Crippen MR) is 111 cm³/mol. The number of rotatable bonds is 5. The molecule has 1 fully saturated rings. The summed E-state index contributed by atoms with van der Waals surface area (Å²) in [6, 6.07) is 12.8. The Morgan fingerprint density at radius 3 is 2.90 bits per heavy atom. The number of aromatic nitrogens is 2. The molecule has 0 saturated carbocycles. The Kier molecular flexibility index (Phi) is 5.31. The van der Waals surface area contributed by atoms with Crippen LogP contribution in [0.4, 0.5) is 5.82 Å². The fraction of sp³-hybridized carbons (Fsp3) is 0.318. The molecule has 29 heavy (non-hydrogen) atoms. The fourth-order valence-electron chi connectivity index (χ4n) is 3.85. The second kappa shape index (κ2) is 8.05. The van der Waals surface area contributed by atoms with Crippen LogP contribution in [0.5, 0.6) is 5.75 Å². The van der Waals surface area contributed by atoms with Gasteiger partial charge in [0.25, 0.3) is 5.91 Å². The minimum atomic E-state index is -0.217. The van der Waals surface area contributed by atoms with E-state index in [4.69, 9.17) is 4.74 Å². The number of hydrogen-bond donors (Lipinski definition) is 2. The van der Waals surface area contributed by atoms with Gasteiger partial charge in [0.05, 0.1) is 12.1 Å². The molecule has 4 rings (SSSR count). The monoisotopic (exact) mass is 392 g/mol. The summed E-state index contributed by atoms with van der Waals surface area (Å²) < 4.78 is 5.55. The first-order valence-corrected chi connectivity index (χ1v) is 9.63. The van der Waals surface area contributed by atoms with Crippen molar-refractivity contribution in [1.82, 2.24) is 15.3 Å². The van der Waals surface area contributed by atoms with Gasteiger partial charge in [0.2, 0.25) is 0 Å². The SMILES string of the molecule is CO[C@H]1C[C@@H](CNC(=O)c2cc(O)c3ccccc3c2)N(c2cc(C)ncn2)C1. The van der Waals surface area contributed by atoms with E-state index in [2.05, 4.69) is 20.2 Å². The van der Waals surface area contributed by atoms with Gasteiger partial charge in [-0.1, -0.05) is 24.3 Å². The van der Waals surface area contributed by atoms with Crippen LogP contribution < -0.4 is 10.2 Å².